The molecule has 1 spiro atoms. The summed E-state index contributed by atoms with van der Waals surface area (Å²) in [6.45, 7) is 0.665. The fourth-order valence-corrected chi connectivity index (χ4v) is 4.13. The molecule has 2 amide bonds. The Morgan fingerprint density at radius 2 is 2.04 bits per heavy atom. The summed E-state index contributed by atoms with van der Waals surface area (Å²) in [5.41, 5.74) is 1.51. The fraction of sp³-hybridized carbons (Fsp3) is 0.409. The second-order valence-corrected chi connectivity index (χ2v) is 7.74. The number of rotatable bonds is 3. The molecule has 0 aliphatic carbocycles. The maximum atomic E-state index is 12.7. The molecular weight excluding hydrogens is 354 g/mol. The van der Waals surface area contributed by atoms with Gasteiger partial charge in [0.05, 0.1) is 12.5 Å². The van der Waals surface area contributed by atoms with Crippen LogP contribution in [0, 0.1) is 0 Å². The molecule has 2 unspecified atom stereocenters. The summed E-state index contributed by atoms with van der Waals surface area (Å²) in [7, 11) is 1.84. The number of likely N-dealkylation sites (tertiary alicyclic amines) is 1. The van der Waals surface area contributed by atoms with E-state index in [-0.39, 0.29) is 17.9 Å². The number of hydrogen-bond acceptors (Lipinski definition) is 4. The molecule has 2 aromatic rings. The molecule has 4 rings (SSSR count). The van der Waals surface area contributed by atoms with E-state index in [1.807, 2.05) is 43.4 Å². The van der Waals surface area contributed by atoms with E-state index in [0.29, 0.717) is 32.2 Å². The molecule has 2 aliphatic rings. The van der Waals surface area contributed by atoms with E-state index in [0.717, 1.165) is 23.3 Å². The number of aromatic nitrogens is 1. The van der Waals surface area contributed by atoms with E-state index in [4.69, 9.17) is 4.74 Å². The molecule has 1 N–H and O–H groups in total. The van der Waals surface area contributed by atoms with Gasteiger partial charge >= 0.3 is 0 Å². The molecule has 28 heavy (non-hydrogen) atoms. The van der Waals surface area contributed by atoms with Crippen molar-refractivity contribution < 1.29 is 14.3 Å². The molecule has 3 heterocycles. The lowest BCUT2D eigenvalue weighted by Gasteiger charge is -2.42. The van der Waals surface area contributed by atoms with Crippen LogP contribution >= 0.6 is 0 Å². The SMILES string of the molecule is CN1CCC2(CCC1=O)CC(NC(=O)Cc1ccncc1)c1ccccc1O2. The van der Waals surface area contributed by atoms with Gasteiger partial charge in [0.25, 0.3) is 0 Å². The van der Waals surface area contributed by atoms with Gasteiger partial charge in [-0.2, -0.15) is 0 Å². The lowest BCUT2D eigenvalue weighted by Crippen LogP contribution is -2.46. The number of benzene rings is 1. The number of carbonyl (C=O) groups is 2. The van der Waals surface area contributed by atoms with E-state index < -0.39 is 5.60 Å². The second-order valence-electron chi connectivity index (χ2n) is 7.74. The van der Waals surface area contributed by atoms with E-state index in [1.54, 1.807) is 17.3 Å². The van der Waals surface area contributed by atoms with Gasteiger partial charge in [-0.1, -0.05) is 18.2 Å². The first kappa shape index (κ1) is 18.5. The van der Waals surface area contributed by atoms with Crippen molar-refractivity contribution in [3.05, 3.63) is 59.9 Å². The van der Waals surface area contributed by atoms with Crippen LogP contribution in [-0.4, -0.2) is 40.9 Å². The van der Waals surface area contributed by atoms with Crippen molar-refractivity contribution in [3.8, 4) is 5.75 Å². The van der Waals surface area contributed by atoms with Crippen molar-refractivity contribution in [3.63, 3.8) is 0 Å². The van der Waals surface area contributed by atoms with Crippen molar-refractivity contribution in [1.29, 1.82) is 0 Å². The Morgan fingerprint density at radius 3 is 2.86 bits per heavy atom. The van der Waals surface area contributed by atoms with Crippen molar-refractivity contribution >= 4 is 11.8 Å². The van der Waals surface area contributed by atoms with E-state index >= 15 is 0 Å². The number of hydrogen-bond donors (Lipinski definition) is 1. The molecule has 0 bridgehead atoms. The standard InChI is InChI=1S/C22H25N3O3/c1-25-13-10-22(9-6-21(25)27)15-18(17-4-2-3-5-19(17)28-22)24-20(26)14-16-7-11-23-12-8-16/h2-5,7-8,11-12,18H,6,9-10,13-15H2,1H3,(H,24,26). The third kappa shape index (κ3) is 3.86. The summed E-state index contributed by atoms with van der Waals surface area (Å²) in [5, 5.41) is 3.20. The number of nitrogens with one attached hydrogen (secondary N) is 1. The summed E-state index contributed by atoms with van der Waals surface area (Å²) in [6, 6.07) is 11.5. The van der Waals surface area contributed by atoms with Crippen LogP contribution in [0.4, 0.5) is 0 Å². The minimum atomic E-state index is -0.427. The monoisotopic (exact) mass is 379 g/mol. The van der Waals surface area contributed by atoms with Crippen LogP contribution < -0.4 is 10.1 Å². The molecule has 1 saturated heterocycles. The summed E-state index contributed by atoms with van der Waals surface area (Å²) in [6.07, 6.45) is 6.28. The number of amides is 2. The van der Waals surface area contributed by atoms with E-state index in [1.165, 1.54) is 0 Å². The van der Waals surface area contributed by atoms with Crippen LogP contribution in [0.1, 0.15) is 42.9 Å². The predicted octanol–water partition coefficient (Wildman–Crippen LogP) is 2.65. The summed E-state index contributed by atoms with van der Waals surface area (Å²) >= 11 is 0. The predicted molar refractivity (Wildman–Crippen MR) is 105 cm³/mol. The third-order valence-corrected chi connectivity index (χ3v) is 5.77. The summed E-state index contributed by atoms with van der Waals surface area (Å²) in [5.74, 6) is 0.933. The number of ether oxygens (including phenoxy) is 1. The van der Waals surface area contributed by atoms with Crippen molar-refractivity contribution in [2.45, 2.75) is 43.7 Å². The van der Waals surface area contributed by atoms with Gasteiger partial charge in [-0.3, -0.25) is 14.6 Å². The Kier molecular flexibility index (Phi) is 5.03. The van der Waals surface area contributed by atoms with Crippen LogP contribution in [0.5, 0.6) is 5.75 Å². The second kappa shape index (κ2) is 7.62. The largest absolute Gasteiger partial charge is 0.487 e. The number of pyridine rings is 1. The molecule has 6 nitrogen and oxygen atoms in total. The number of fused-ring (bicyclic) bond motifs is 1. The van der Waals surface area contributed by atoms with Gasteiger partial charge in [-0.15, -0.1) is 0 Å². The van der Waals surface area contributed by atoms with Crippen LogP contribution in [0.2, 0.25) is 0 Å². The fourth-order valence-electron chi connectivity index (χ4n) is 4.13. The highest BCUT2D eigenvalue weighted by Crippen LogP contribution is 2.44. The first-order chi connectivity index (χ1) is 13.5. The Balaban J connectivity index is 1.55. The maximum absolute atomic E-state index is 12.7. The van der Waals surface area contributed by atoms with Gasteiger partial charge in [0, 0.05) is 50.8 Å². The molecule has 6 heteroatoms. The smallest absolute Gasteiger partial charge is 0.224 e. The van der Waals surface area contributed by atoms with Gasteiger partial charge in [-0.25, -0.2) is 0 Å². The quantitative estimate of drug-likeness (QED) is 0.890. The van der Waals surface area contributed by atoms with Crippen molar-refractivity contribution in [2.24, 2.45) is 0 Å². The van der Waals surface area contributed by atoms with E-state index in [2.05, 4.69) is 10.3 Å². The summed E-state index contributed by atoms with van der Waals surface area (Å²) in [4.78, 5) is 30.6. The molecule has 0 radical (unpaired) electrons. The lowest BCUT2D eigenvalue weighted by molar-refractivity contribution is -0.129. The molecule has 1 aromatic heterocycles. The maximum Gasteiger partial charge on any atom is 0.224 e. The van der Waals surface area contributed by atoms with Crippen LogP contribution in [0.25, 0.3) is 0 Å². The molecule has 2 atom stereocenters. The van der Waals surface area contributed by atoms with Gasteiger partial charge in [-0.05, 0) is 30.2 Å². The molecule has 0 saturated carbocycles. The number of nitrogens with zero attached hydrogens (tertiary/aromatic N) is 2. The van der Waals surface area contributed by atoms with Crippen molar-refractivity contribution in [2.75, 3.05) is 13.6 Å². The molecule has 1 aromatic carbocycles. The Morgan fingerprint density at radius 1 is 1.25 bits per heavy atom. The highest BCUT2D eigenvalue weighted by atomic mass is 16.5. The number of carbonyl (C=O) groups excluding carboxylic acids is 2. The first-order valence-corrected chi connectivity index (χ1v) is 9.75. The van der Waals surface area contributed by atoms with Gasteiger partial charge in [0.1, 0.15) is 11.4 Å². The van der Waals surface area contributed by atoms with Crippen LogP contribution in [-0.2, 0) is 16.0 Å². The average molecular weight is 379 g/mol. The van der Waals surface area contributed by atoms with Crippen LogP contribution in [0.3, 0.4) is 0 Å². The highest BCUT2D eigenvalue weighted by molar-refractivity contribution is 5.79. The summed E-state index contributed by atoms with van der Waals surface area (Å²) < 4.78 is 6.43. The van der Waals surface area contributed by atoms with Crippen molar-refractivity contribution in [1.82, 2.24) is 15.2 Å². The molecule has 146 valence electrons. The first-order valence-electron chi connectivity index (χ1n) is 9.75. The minimum absolute atomic E-state index is 0.0233. The topological polar surface area (TPSA) is 71.5 Å². The van der Waals surface area contributed by atoms with E-state index in [9.17, 15) is 9.59 Å². The Labute approximate surface area is 164 Å². The molecule has 2 aliphatic heterocycles. The Hall–Kier alpha value is -2.89. The van der Waals surface area contributed by atoms with Gasteiger partial charge in [0.15, 0.2) is 0 Å². The van der Waals surface area contributed by atoms with Gasteiger partial charge in [0.2, 0.25) is 11.8 Å². The van der Waals surface area contributed by atoms with Gasteiger partial charge < -0.3 is 15.0 Å². The third-order valence-electron chi connectivity index (χ3n) is 5.77. The minimum Gasteiger partial charge on any atom is -0.487 e. The zero-order chi connectivity index (χ0) is 19.6. The highest BCUT2D eigenvalue weighted by Gasteiger charge is 2.43. The lowest BCUT2D eigenvalue weighted by atomic mass is 9.82. The number of para-hydroxylation sites is 1. The zero-order valence-corrected chi connectivity index (χ0v) is 16.1. The molecule has 1 fully saturated rings. The average Bonchev–Trinajstić information content (AvgIpc) is 2.83. The molecular formula is C22H25N3O3. The normalized spacial score (nSPS) is 24.2. The Bertz CT molecular complexity index is 870. The zero-order valence-electron chi connectivity index (χ0n) is 16.1. The van der Waals surface area contributed by atoms with Crippen LogP contribution in [0.15, 0.2) is 48.8 Å².